The van der Waals surface area contributed by atoms with Crippen molar-refractivity contribution < 1.29 is 14.4 Å². The van der Waals surface area contributed by atoms with Gasteiger partial charge in [0.15, 0.2) is 0 Å². The van der Waals surface area contributed by atoms with E-state index >= 15 is 0 Å². The van der Waals surface area contributed by atoms with E-state index in [1.165, 1.54) is 12.1 Å². The molecule has 0 fully saturated rings. The number of anilines is 1. The van der Waals surface area contributed by atoms with Crippen LogP contribution in [0.3, 0.4) is 0 Å². The second-order valence-electron chi connectivity index (χ2n) is 6.97. The molecular formula is C21H18ClN3O3. The van der Waals surface area contributed by atoms with Crippen molar-refractivity contribution in [2.75, 3.05) is 5.32 Å². The number of benzene rings is 2. The quantitative estimate of drug-likeness (QED) is 0.778. The van der Waals surface area contributed by atoms with E-state index in [1.54, 1.807) is 30.3 Å². The highest BCUT2D eigenvalue weighted by Crippen LogP contribution is 2.28. The Balaban J connectivity index is 1.90. The number of fused-ring (bicyclic) bond motifs is 1. The molecule has 2 aromatic rings. The summed E-state index contributed by atoms with van der Waals surface area (Å²) in [5.41, 5.74) is 1.28. The van der Waals surface area contributed by atoms with Crippen molar-refractivity contribution in [2.45, 2.75) is 26.3 Å². The topological polar surface area (TPSA) is 90.3 Å². The van der Waals surface area contributed by atoms with Crippen LogP contribution in [-0.2, 0) is 4.79 Å². The molecule has 0 radical (unpaired) electrons. The Hall–Kier alpha value is -3.17. The van der Waals surface area contributed by atoms with Gasteiger partial charge in [-0.2, -0.15) is 5.26 Å². The minimum absolute atomic E-state index is 0.0737. The van der Waals surface area contributed by atoms with Crippen LogP contribution in [0.1, 0.15) is 46.5 Å². The Morgan fingerprint density at radius 2 is 1.75 bits per heavy atom. The van der Waals surface area contributed by atoms with Crippen LogP contribution in [0.5, 0.6) is 0 Å². The van der Waals surface area contributed by atoms with E-state index in [0.717, 1.165) is 4.90 Å². The summed E-state index contributed by atoms with van der Waals surface area (Å²) in [5.74, 6) is -1.35. The van der Waals surface area contributed by atoms with Crippen LogP contribution in [0.4, 0.5) is 5.69 Å². The normalized spacial score (nSPS) is 14.0. The summed E-state index contributed by atoms with van der Waals surface area (Å²) in [5, 5.41) is 11.9. The van der Waals surface area contributed by atoms with Gasteiger partial charge in [-0.15, -0.1) is 0 Å². The van der Waals surface area contributed by atoms with Crippen LogP contribution in [0.25, 0.3) is 0 Å². The number of nitrogens with one attached hydrogen (secondary N) is 1. The lowest BCUT2D eigenvalue weighted by atomic mass is 10.0. The van der Waals surface area contributed by atoms with Crippen molar-refractivity contribution in [3.8, 4) is 6.07 Å². The van der Waals surface area contributed by atoms with Gasteiger partial charge < -0.3 is 5.32 Å². The molecule has 3 amide bonds. The van der Waals surface area contributed by atoms with Gasteiger partial charge in [-0.1, -0.05) is 37.6 Å². The van der Waals surface area contributed by atoms with E-state index < -0.39 is 23.8 Å². The molecule has 1 unspecified atom stereocenters. The lowest BCUT2D eigenvalue weighted by molar-refractivity contribution is -0.120. The number of amides is 3. The van der Waals surface area contributed by atoms with Crippen LogP contribution in [0.2, 0.25) is 5.02 Å². The molecule has 1 aliphatic heterocycles. The maximum absolute atomic E-state index is 13.0. The second-order valence-corrected chi connectivity index (χ2v) is 7.37. The number of nitrogens with zero attached hydrogens (tertiary/aromatic N) is 2. The standard InChI is InChI=1S/C21H18ClN3O3/c1-12(2)9-18(19(26)24-14-8-7-13(11-23)17(22)10-14)25-20(27)15-5-3-4-6-16(15)21(25)28/h3-8,10,12,18H,9H2,1-2H3,(H,24,26). The molecule has 1 N–H and O–H groups in total. The highest BCUT2D eigenvalue weighted by atomic mass is 35.5. The minimum atomic E-state index is -0.957. The van der Waals surface area contributed by atoms with Crippen molar-refractivity contribution in [3.05, 3.63) is 64.2 Å². The molecule has 1 atom stereocenters. The van der Waals surface area contributed by atoms with Gasteiger partial charge in [0.25, 0.3) is 11.8 Å². The van der Waals surface area contributed by atoms with E-state index in [4.69, 9.17) is 16.9 Å². The zero-order valence-electron chi connectivity index (χ0n) is 15.4. The lowest BCUT2D eigenvalue weighted by Crippen LogP contribution is -2.47. The molecule has 28 heavy (non-hydrogen) atoms. The zero-order valence-corrected chi connectivity index (χ0v) is 16.2. The number of rotatable bonds is 5. The predicted octanol–water partition coefficient (Wildman–Crippen LogP) is 3.86. The van der Waals surface area contributed by atoms with Crippen molar-refractivity contribution in [1.29, 1.82) is 5.26 Å². The molecule has 1 aliphatic rings. The molecule has 0 aliphatic carbocycles. The van der Waals surface area contributed by atoms with Crippen LogP contribution in [-0.4, -0.2) is 28.7 Å². The van der Waals surface area contributed by atoms with Gasteiger partial charge in [-0.3, -0.25) is 19.3 Å². The Morgan fingerprint density at radius 1 is 1.14 bits per heavy atom. The van der Waals surface area contributed by atoms with Gasteiger partial charge in [-0.05, 0) is 42.7 Å². The minimum Gasteiger partial charge on any atom is -0.324 e. The first-order valence-corrected chi connectivity index (χ1v) is 9.18. The first-order valence-electron chi connectivity index (χ1n) is 8.81. The number of carbonyl (C=O) groups excluding carboxylic acids is 3. The third-order valence-corrected chi connectivity index (χ3v) is 4.80. The number of hydrogen-bond acceptors (Lipinski definition) is 4. The second kappa shape index (κ2) is 7.83. The van der Waals surface area contributed by atoms with E-state index in [1.807, 2.05) is 19.9 Å². The summed E-state index contributed by atoms with van der Waals surface area (Å²) >= 11 is 6.02. The predicted molar refractivity (Wildman–Crippen MR) is 105 cm³/mol. The molecule has 0 saturated heterocycles. The van der Waals surface area contributed by atoms with Gasteiger partial charge >= 0.3 is 0 Å². The van der Waals surface area contributed by atoms with E-state index in [-0.39, 0.29) is 10.9 Å². The largest absolute Gasteiger partial charge is 0.324 e. The van der Waals surface area contributed by atoms with Gasteiger partial charge in [-0.25, -0.2) is 0 Å². The average molecular weight is 396 g/mol. The molecule has 3 rings (SSSR count). The summed E-state index contributed by atoms with van der Waals surface area (Å²) in [4.78, 5) is 39.6. The smallest absolute Gasteiger partial charge is 0.262 e. The Labute approximate surface area is 167 Å². The number of nitriles is 1. The highest BCUT2D eigenvalue weighted by molar-refractivity contribution is 6.32. The van der Waals surface area contributed by atoms with Crippen molar-refractivity contribution in [1.82, 2.24) is 4.90 Å². The maximum Gasteiger partial charge on any atom is 0.262 e. The summed E-state index contributed by atoms with van der Waals surface area (Å²) in [6.45, 7) is 3.83. The molecule has 0 bridgehead atoms. The first-order chi connectivity index (χ1) is 13.3. The Bertz CT molecular complexity index is 975. The Kier molecular flexibility index (Phi) is 5.48. The van der Waals surface area contributed by atoms with Crippen LogP contribution >= 0.6 is 11.6 Å². The number of carbonyl (C=O) groups is 3. The van der Waals surface area contributed by atoms with E-state index in [2.05, 4.69) is 5.32 Å². The monoisotopic (exact) mass is 395 g/mol. The van der Waals surface area contributed by atoms with Gasteiger partial charge in [0.2, 0.25) is 5.91 Å². The molecule has 0 aromatic heterocycles. The van der Waals surface area contributed by atoms with Crippen LogP contribution in [0, 0.1) is 17.2 Å². The van der Waals surface area contributed by atoms with E-state index in [0.29, 0.717) is 28.8 Å². The molecule has 6 nitrogen and oxygen atoms in total. The highest BCUT2D eigenvalue weighted by Gasteiger charge is 2.42. The fraction of sp³-hybridized carbons (Fsp3) is 0.238. The average Bonchev–Trinajstić information content (AvgIpc) is 2.91. The number of imide groups is 1. The summed E-state index contributed by atoms with van der Waals surface area (Å²) < 4.78 is 0. The van der Waals surface area contributed by atoms with Crippen LogP contribution in [0.15, 0.2) is 42.5 Å². The molecule has 142 valence electrons. The molecular weight excluding hydrogens is 378 g/mol. The third-order valence-electron chi connectivity index (χ3n) is 4.49. The SMILES string of the molecule is CC(C)CC(C(=O)Nc1ccc(C#N)c(Cl)c1)N1C(=O)c2ccccc2C1=O. The fourth-order valence-electron chi connectivity index (χ4n) is 3.18. The number of halogens is 1. The fourth-order valence-corrected chi connectivity index (χ4v) is 3.40. The maximum atomic E-state index is 13.0. The summed E-state index contributed by atoms with van der Waals surface area (Å²) in [7, 11) is 0. The van der Waals surface area contributed by atoms with Crippen LogP contribution < -0.4 is 5.32 Å². The van der Waals surface area contributed by atoms with Crippen molar-refractivity contribution in [2.24, 2.45) is 5.92 Å². The summed E-state index contributed by atoms with van der Waals surface area (Å²) in [6.07, 6.45) is 0.321. The molecule has 0 saturated carbocycles. The van der Waals surface area contributed by atoms with Gasteiger partial charge in [0.1, 0.15) is 12.1 Å². The first kappa shape index (κ1) is 19.6. The Morgan fingerprint density at radius 3 is 2.25 bits per heavy atom. The van der Waals surface area contributed by atoms with Crippen molar-refractivity contribution >= 4 is 35.0 Å². The lowest BCUT2D eigenvalue weighted by Gasteiger charge is -2.26. The van der Waals surface area contributed by atoms with Gasteiger partial charge in [0.05, 0.1) is 21.7 Å². The molecule has 2 aromatic carbocycles. The zero-order chi connectivity index (χ0) is 20.4. The van der Waals surface area contributed by atoms with Gasteiger partial charge in [0, 0.05) is 5.69 Å². The molecule has 7 heteroatoms. The van der Waals surface area contributed by atoms with Crippen molar-refractivity contribution in [3.63, 3.8) is 0 Å². The van der Waals surface area contributed by atoms with E-state index in [9.17, 15) is 14.4 Å². The molecule has 1 heterocycles. The molecule has 0 spiro atoms. The number of hydrogen-bond donors (Lipinski definition) is 1. The summed E-state index contributed by atoms with van der Waals surface area (Å²) in [6, 6.07) is 12.0. The third kappa shape index (κ3) is 3.62.